The van der Waals surface area contributed by atoms with Gasteiger partial charge in [-0.25, -0.2) is 9.97 Å². The van der Waals surface area contributed by atoms with Crippen LogP contribution in [0.25, 0.3) is 0 Å². The molecule has 3 rings (SSSR count). The first-order chi connectivity index (χ1) is 14.0. The fourth-order valence-electron chi connectivity index (χ4n) is 2.65. The maximum Gasteiger partial charge on any atom is 0.275 e. The van der Waals surface area contributed by atoms with Gasteiger partial charge in [0.25, 0.3) is 5.91 Å². The summed E-state index contributed by atoms with van der Waals surface area (Å²) in [7, 11) is 1.64. The number of hydrogen-bond donors (Lipinski definition) is 2. The lowest BCUT2D eigenvalue weighted by atomic mass is 10.1. The second kappa shape index (κ2) is 9.45. The third kappa shape index (κ3) is 5.62. The molecule has 7 nitrogen and oxygen atoms in total. The van der Waals surface area contributed by atoms with Crippen molar-refractivity contribution in [1.29, 1.82) is 0 Å². The summed E-state index contributed by atoms with van der Waals surface area (Å²) < 4.78 is 5.15. The topological polar surface area (TPSA) is 93.2 Å². The van der Waals surface area contributed by atoms with Crippen LogP contribution in [-0.2, 0) is 6.42 Å². The Kier molecular flexibility index (Phi) is 6.52. The van der Waals surface area contributed by atoms with Gasteiger partial charge in [-0.2, -0.15) is 0 Å². The lowest BCUT2D eigenvalue weighted by Gasteiger charge is -2.08. The normalized spacial score (nSPS) is 10.3. The smallest absolute Gasteiger partial charge is 0.275 e. The van der Waals surface area contributed by atoms with E-state index in [4.69, 9.17) is 4.74 Å². The van der Waals surface area contributed by atoms with Gasteiger partial charge in [0, 0.05) is 17.8 Å². The maximum atomic E-state index is 12.3. The number of anilines is 2. The molecule has 29 heavy (non-hydrogen) atoms. The number of ketones is 1. The molecule has 0 saturated heterocycles. The molecule has 0 bridgehead atoms. The predicted molar refractivity (Wildman–Crippen MR) is 112 cm³/mol. The molecule has 1 amide bonds. The maximum absolute atomic E-state index is 12.3. The van der Waals surface area contributed by atoms with Gasteiger partial charge in [0.15, 0.2) is 5.78 Å². The highest BCUT2D eigenvalue weighted by Crippen LogP contribution is 2.13. The molecule has 0 unspecified atom stereocenters. The van der Waals surface area contributed by atoms with Gasteiger partial charge in [-0.1, -0.05) is 12.1 Å². The monoisotopic (exact) mass is 390 g/mol. The van der Waals surface area contributed by atoms with Crippen molar-refractivity contribution >= 4 is 23.2 Å². The number of methoxy groups -OCH3 is 1. The number of aromatic nitrogens is 2. The third-order valence-electron chi connectivity index (χ3n) is 4.31. The highest BCUT2D eigenvalue weighted by atomic mass is 16.5. The highest BCUT2D eigenvalue weighted by molar-refractivity contribution is 6.03. The number of carbonyl (C=O) groups excluding carboxylic acids is 2. The van der Waals surface area contributed by atoms with Gasteiger partial charge in [0.1, 0.15) is 17.3 Å². The Morgan fingerprint density at radius 3 is 2.28 bits per heavy atom. The first-order valence-electron chi connectivity index (χ1n) is 9.16. The lowest BCUT2D eigenvalue weighted by molar-refractivity contribution is 0.101. The fourth-order valence-corrected chi connectivity index (χ4v) is 2.65. The standard InChI is InChI=1S/C22H22N4O3/c1-15(27)17-5-7-18(8-6-17)26-22(28)20-13-25-21(14-24-20)23-12-11-16-3-9-19(29-2)10-4-16/h3-10,13-14H,11-12H2,1-2H3,(H,23,25)(H,26,28). The number of hydrogen-bond acceptors (Lipinski definition) is 6. The molecule has 0 saturated carbocycles. The van der Waals surface area contributed by atoms with Crippen LogP contribution in [0.1, 0.15) is 33.3 Å². The van der Waals surface area contributed by atoms with Crippen LogP contribution in [0, 0.1) is 0 Å². The summed E-state index contributed by atoms with van der Waals surface area (Å²) in [5.74, 6) is 1.04. The molecule has 3 aromatic rings. The van der Waals surface area contributed by atoms with Crippen molar-refractivity contribution in [2.24, 2.45) is 0 Å². The number of rotatable bonds is 8. The Bertz CT molecular complexity index is 968. The number of Topliss-reactive ketones (excluding diaryl/α,β-unsaturated/α-hetero) is 1. The Balaban J connectivity index is 1.50. The van der Waals surface area contributed by atoms with Crippen molar-refractivity contribution in [1.82, 2.24) is 9.97 Å². The number of carbonyl (C=O) groups is 2. The zero-order valence-electron chi connectivity index (χ0n) is 16.3. The average molecular weight is 390 g/mol. The Morgan fingerprint density at radius 2 is 1.69 bits per heavy atom. The van der Waals surface area contributed by atoms with E-state index in [0.717, 1.165) is 12.2 Å². The first kappa shape index (κ1) is 20.0. The Morgan fingerprint density at radius 1 is 0.966 bits per heavy atom. The second-order valence-electron chi connectivity index (χ2n) is 6.40. The fraction of sp³-hybridized carbons (Fsp3) is 0.182. The summed E-state index contributed by atoms with van der Waals surface area (Å²) in [6, 6.07) is 14.6. The second-order valence-corrected chi connectivity index (χ2v) is 6.40. The van der Waals surface area contributed by atoms with Crippen LogP contribution < -0.4 is 15.4 Å². The van der Waals surface area contributed by atoms with E-state index < -0.39 is 0 Å². The summed E-state index contributed by atoms with van der Waals surface area (Å²) in [4.78, 5) is 32.0. The number of nitrogens with one attached hydrogen (secondary N) is 2. The van der Waals surface area contributed by atoms with E-state index in [1.54, 1.807) is 31.4 Å². The number of benzene rings is 2. The zero-order valence-corrected chi connectivity index (χ0v) is 16.3. The molecule has 0 fully saturated rings. The molecular weight excluding hydrogens is 368 g/mol. The number of ether oxygens (including phenoxy) is 1. The average Bonchev–Trinajstić information content (AvgIpc) is 2.75. The molecule has 2 aromatic carbocycles. The highest BCUT2D eigenvalue weighted by Gasteiger charge is 2.09. The number of amides is 1. The van der Waals surface area contributed by atoms with Crippen molar-refractivity contribution in [3.05, 3.63) is 77.7 Å². The van der Waals surface area contributed by atoms with Gasteiger partial charge in [-0.15, -0.1) is 0 Å². The summed E-state index contributed by atoms with van der Waals surface area (Å²) in [6.07, 6.45) is 3.78. The molecule has 1 heterocycles. The lowest BCUT2D eigenvalue weighted by Crippen LogP contribution is -2.15. The van der Waals surface area contributed by atoms with Gasteiger partial charge >= 0.3 is 0 Å². The third-order valence-corrected chi connectivity index (χ3v) is 4.31. The minimum atomic E-state index is -0.363. The molecule has 2 N–H and O–H groups in total. The van der Waals surface area contributed by atoms with Gasteiger partial charge < -0.3 is 15.4 Å². The van der Waals surface area contributed by atoms with Crippen molar-refractivity contribution in [3.8, 4) is 5.75 Å². The molecule has 0 atom stereocenters. The van der Waals surface area contributed by atoms with Crippen LogP contribution in [0.2, 0.25) is 0 Å². The molecule has 1 aromatic heterocycles. The van der Waals surface area contributed by atoms with Crippen LogP contribution in [0.15, 0.2) is 60.9 Å². The molecule has 0 spiro atoms. The summed E-state index contributed by atoms with van der Waals surface area (Å²) in [5.41, 5.74) is 2.57. The molecule has 7 heteroatoms. The minimum Gasteiger partial charge on any atom is -0.497 e. The molecular formula is C22H22N4O3. The van der Waals surface area contributed by atoms with Gasteiger partial charge in [0.2, 0.25) is 0 Å². The predicted octanol–water partition coefficient (Wildman–Crippen LogP) is 3.59. The van der Waals surface area contributed by atoms with E-state index in [-0.39, 0.29) is 17.4 Å². The van der Waals surface area contributed by atoms with Crippen LogP contribution in [0.4, 0.5) is 11.5 Å². The summed E-state index contributed by atoms with van der Waals surface area (Å²) >= 11 is 0. The van der Waals surface area contributed by atoms with E-state index in [1.807, 2.05) is 24.3 Å². The van der Waals surface area contributed by atoms with Crippen molar-refractivity contribution in [2.45, 2.75) is 13.3 Å². The van der Waals surface area contributed by atoms with Crippen molar-refractivity contribution in [3.63, 3.8) is 0 Å². The van der Waals surface area contributed by atoms with Crippen molar-refractivity contribution in [2.75, 3.05) is 24.3 Å². The number of nitrogens with zero attached hydrogens (tertiary/aromatic N) is 2. The van der Waals surface area contributed by atoms with E-state index in [0.29, 0.717) is 23.6 Å². The Hall–Kier alpha value is -3.74. The van der Waals surface area contributed by atoms with Gasteiger partial charge in [0.05, 0.1) is 19.5 Å². The van der Waals surface area contributed by atoms with Gasteiger partial charge in [-0.3, -0.25) is 9.59 Å². The Labute approximate surface area is 169 Å². The summed E-state index contributed by atoms with van der Waals surface area (Å²) in [5, 5.41) is 5.92. The van der Waals surface area contributed by atoms with E-state index in [1.165, 1.54) is 24.9 Å². The SMILES string of the molecule is COc1ccc(CCNc2cnc(C(=O)Nc3ccc(C(C)=O)cc3)cn2)cc1. The largest absolute Gasteiger partial charge is 0.497 e. The molecule has 0 radical (unpaired) electrons. The molecule has 0 aliphatic rings. The van der Waals surface area contributed by atoms with Crippen LogP contribution >= 0.6 is 0 Å². The molecule has 0 aliphatic carbocycles. The van der Waals surface area contributed by atoms with E-state index in [2.05, 4.69) is 20.6 Å². The molecule has 148 valence electrons. The zero-order chi connectivity index (χ0) is 20.6. The summed E-state index contributed by atoms with van der Waals surface area (Å²) in [6.45, 7) is 2.19. The van der Waals surface area contributed by atoms with E-state index in [9.17, 15) is 9.59 Å². The van der Waals surface area contributed by atoms with E-state index >= 15 is 0 Å². The van der Waals surface area contributed by atoms with Crippen LogP contribution in [0.5, 0.6) is 5.75 Å². The van der Waals surface area contributed by atoms with Crippen molar-refractivity contribution < 1.29 is 14.3 Å². The first-order valence-corrected chi connectivity index (χ1v) is 9.16. The van der Waals surface area contributed by atoms with Gasteiger partial charge in [-0.05, 0) is 55.3 Å². The molecule has 0 aliphatic heterocycles. The minimum absolute atomic E-state index is 0.0242. The van der Waals surface area contributed by atoms with Crippen LogP contribution in [-0.4, -0.2) is 35.3 Å². The van der Waals surface area contributed by atoms with Crippen LogP contribution in [0.3, 0.4) is 0 Å². The quantitative estimate of drug-likeness (QED) is 0.571.